The van der Waals surface area contributed by atoms with Gasteiger partial charge in [-0.15, -0.1) is 21.8 Å². The summed E-state index contributed by atoms with van der Waals surface area (Å²) >= 11 is 14.3. The van der Waals surface area contributed by atoms with Crippen molar-refractivity contribution in [3.63, 3.8) is 0 Å². The van der Waals surface area contributed by atoms with Crippen molar-refractivity contribution in [2.45, 2.75) is 36.7 Å². The van der Waals surface area contributed by atoms with Gasteiger partial charge in [0.1, 0.15) is 5.38 Å². The van der Waals surface area contributed by atoms with E-state index in [0.717, 1.165) is 27.7 Å². The molecule has 0 aliphatic heterocycles. The third-order valence-corrected chi connectivity index (χ3v) is 7.14. The maximum Gasteiger partial charge on any atom is 0.242 e. The first-order valence-electron chi connectivity index (χ1n) is 10.8. The van der Waals surface area contributed by atoms with E-state index >= 15 is 0 Å². The van der Waals surface area contributed by atoms with Crippen LogP contribution in [0.5, 0.6) is 0 Å². The van der Waals surface area contributed by atoms with E-state index in [2.05, 4.69) is 34.6 Å². The molecule has 4 rings (SSSR count). The van der Waals surface area contributed by atoms with Crippen molar-refractivity contribution in [3.05, 3.63) is 106 Å². The lowest BCUT2D eigenvalue weighted by atomic mass is 10.1. The van der Waals surface area contributed by atoms with Crippen LogP contribution in [-0.4, -0.2) is 20.7 Å². The van der Waals surface area contributed by atoms with E-state index in [1.165, 1.54) is 11.1 Å². The minimum atomic E-state index is -0.791. The Morgan fingerprint density at radius 2 is 1.74 bits per heavy atom. The minimum Gasteiger partial charge on any atom is -0.347 e. The average molecular weight is 511 g/mol. The number of rotatable bonds is 8. The van der Waals surface area contributed by atoms with Gasteiger partial charge >= 0.3 is 0 Å². The zero-order valence-corrected chi connectivity index (χ0v) is 21.2. The van der Waals surface area contributed by atoms with E-state index in [0.29, 0.717) is 10.8 Å². The zero-order valence-electron chi connectivity index (χ0n) is 18.8. The first-order chi connectivity index (χ1) is 16.4. The molecule has 34 heavy (non-hydrogen) atoms. The molecule has 1 N–H and O–H groups in total. The van der Waals surface area contributed by atoms with Crippen LogP contribution in [0.2, 0.25) is 5.02 Å². The van der Waals surface area contributed by atoms with Gasteiger partial charge < -0.3 is 5.32 Å². The molecule has 0 fully saturated rings. The number of carbonyl (C=O) groups excluding carboxylic acids is 1. The van der Waals surface area contributed by atoms with Gasteiger partial charge in [-0.25, -0.2) is 0 Å². The van der Waals surface area contributed by atoms with E-state index in [-0.39, 0.29) is 12.5 Å². The second kappa shape index (κ2) is 11.1. The van der Waals surface area contributed by atoms with Gasteiger partial charge in [0.05, 0.1) is 12.2 Å². The van der Waals surface area contributed by atoms with Gasteiger partial charge in [0, 0.05) is 10.8 Å². The maximum absolute atomic E-state index is 12.7. The van der Waals surface area contributed by atoms with Crippen LogP contribution >= 0.6 is 35.0 Å². The van der Waals surface area contributed by atoms with Crippen LogP contribution in [0.4, 0.5) is 0 Å². The lowest BCUT2D eigenvalue weighted by molar-refractivity contribution is -0.121. The molecule has 3 aromatic carbocycles. The highest BCUT2D eigenvalue weighted by molar-refractivity contribution is 7.98. The Morgan fingerprint density at radius 3 is 2.50 bits per heavy atom. The summed E-state index contributed by atoms with van der Waals surface area (Å²) in [7, 11) is 0. The Balaban J connectivity index is 1.60. The van der Waals surface area contributed by atoms with Crippen molar-refractivity contribution in [3.8, 4) is 5.69 Å². The molecule has 174 valence electrons. The standard InChI is InChI=1S/C26H24Cl2N4OS/c1-17-8-6-7-11-20(17)16-34-26-31-30-23(32(26)22-14-21(27)13-12-18(22)2)15-29-25(33)24(28)19-9-4-3-5-10-19/h3-14,24H,15-16H2,1-2H3,(H,29,33). The van der Waals surface area contributed by atoms with Crippen molar-refractivity contribution in [2.24, 2.45) is 0 Å². The Bertz CT molecular complexity index is 1290. The van der Waals surface area contributed by atoms with Crippen LogP contribution in [0, 0.1) is 13.8 Å². The maximum atomic E-state index is 12.7. The molecule has 4 aromatic rings. The topological polar surface area (TPSA) is 59.8 Å². The molecule has 1 atom stereocenters. The lowest BCUT2D eigenvalue weighted by Crippen LogP contribution is -2.28. The van der Waals surface area contributed by atoms with E-state index < -0.39 is 5.38 Å². The van der Waals surface area contributed by atoms with Crippen LogP contribution in [0.15, 0.2) is 78.0 Å². The summed E-state index contributed by atoms with van der Waals surface area (Å²) in [6.07, 6.45) is 0. The van der Waals surface area contributed by atoms with Crippen LogP contribution in [0.3, 0.4) is 0 Å². The third-order valence-electron chi connectivity index (χ3n) is 5.47. The number of alkyl halides is 1. The molecule has 1 unspecified atom stereocenters. The van der Waals surface area contributed by atoms with Gasteiger partial charge in [0.15, 0.2) is 11.0 Å². The van der Waals surface area contributed by atoms with Gasteiger partial charge in [-0.1, -0.05) is 84.0 Å². The third kappa shape index (κ3) is 5.63. The number of nitrogens with zero attached hydrogens (tertiary/aromatic N) is 3. The van der Waals surface area contributed by atoms with Gasteiger partial charge in [-0.2, -0.15) is 0 Å². The van der Waals surface area contributed by atoms with Gasteiger partial charge in [0.2, 0.25) is 5.91 Å². The number of nitrogens with one attached hydrogen (secondary N) is 1. The molecule has 0 saturated heterocycles. The summed E-state index contributed by atoms with van der Waals surface area (Å²) in [5, 5.41) is 12.3. The van der Waals surface area contributed by atoms with Crippen LogP contribution in [-0.2, 0) is 17.1 Å². The average Bonchev–Trinajstić information content (AvgIpc) is 3.26. The normalized spacial score (nSPS) is 11.9. The highest BCUT2D eigenvalue weighted by Crippen LogP contribution is 2.29. The quantitative estimate of drug-likeness (QED) is 0.219. The molecule has 8 heteroatoms. The highest BCUT2D eigenvalue weighted by Gasteiger charge is 2.21. The predicted octanol–water partition coefficient (Wildman–Crippen LogP) is 6.43. The Morgan fingerprint density at radius 1 is 1.00 bits per heavy atom. The number of thioether (sulfide) groups is 1. The van der Waals surface area contributed by atoms with Crippen molar-refractivity contribution < 1.29 is 4.79 Å². The number of halogens is 2. The van der Waals surface area contributed by atoms with E-state index in [1.807, 2.05) is 72.2 Å². The number of aromatic nitrogens is 3. The van der Waals surface area contributed by atoms with Gasteiger partial charge in [0.25, 0.3) is 0 Å². The molecule has 1 amide bonds. The zero-order chi connectivity index (χ0) is 24.1. The van der Waals surface area contributed by atoms with Gasteiger partial charge in [-0.3, -0.25) is 9.36 Å². The molecule has 0 saturated carbocycles. The summed E-state index contributed by atoms with van der Waals surface area (Å²) in [6, 6.07) is 23.2. The number of amides is 1. The molecule has 0 radical (unpaired) electrons. The first kappa shape index (κ1) is 24.3. The number of hydrogen-bond acceptors (Lipinski definition) is 4. The summed E-state index contributed by atoms with van der Waals surface area (Å²) < 4.78 is 1.95. The van der Waals surface area contributed by atoms with Crippen LogP contribution in [0.1, 0.15) is 33.5 Å². The van der Waals surface area contributed by atoms with E-state index in [9.17, 15) is 4.79 Å². The Hall–Kier alpha value is -2.80. The van der Waals surface area contributed by atoms with Gasteiger partial charge in [-0.05, 0) is 48.2 Å². The molecular formula is C26H24Cl2N4OS. The smallest absolute Gasteiger partial charge is 0.242 e. The number of aryl methyl sites for hydroxylation is 2. The van der Waals surface area contributed by atoms with Crippen LogP contribution in [0.25, 0.3) is 5.69 Å². The summed E-state index contributed by atoms with van der Waals surface area (Å²) in [5.74, 6) is 1.05. The number of carbonyl (C=O) groups is 1. The molecule has 1 heterocycles. The fourth-order valence-electron chi connectivity index (χ4n) is 3.52. The highest BCUT2D eigenvalue weighted by atomic mass is 35.5. The fourth-order valence-corrected chi connectivity index (χ4v) is 4.95. The molecular weight excluding hydrogens is 487 g/mol. The molecule has 0 aliphatic rings. The molecule has 0 bridgehead atoms. The Kier molecular flexibility index (Phi) is 7.93. The Labute approximate surface area is 213 Å². The van der Waals surface area contributed by atoms with Crippen LogP contribution < -0.4 is 5.32 Å². The predicted molar refractivity (Wildman–Crippen MR) is 139 cm³/mol. The molecule has 5 nitrogen and oxygen atoms in total. The monoisotopic (exact) mass is 510 g/mol. The SMILES string of the molecule is Cc1ccccc1CSc1nnc(CNC(=O)C(Cl)c2ccccc2)n1-c1cc(Cl)ccc1C. The summed E-state index contributed by atoms with van der Waals surface area (Å²) in [6.45, 7) is 4.28. The molecule has 0 spiro atoms. The van der Waals surface area contributed by atoms with Crippen molar-refractivity contribution in [1.29, 1.82) is 0 Å². The van der Waals surface area contributed by atoms with E-state index in [1.54, 1.807) is 11.8 Å². The van der Waals surface area contributed by atoms with Crippen molar-refractivity contribution >= 4 is 40.9 Å². The van der Waals surface area contributed by atoms with Crippen molar-refractivity contribution in [1.82, 2.24) is 20.1 Å². The first-order valence-corrected chi connectivity index (χ1v) is 12.6. The van der Waals surface area contributed by atoms with Crippen molar-refractivity contribution in [2.75, 3.05) is 0 Å². The largest absolute Gasteiger partial charge is 0.347 e. The lowest BCUT2D eigenvalue weighted by Gasteiger charge is -2.15. The number of benzene rings is 3. The second-order valence-corrected chi connectivity index (χ2v) is 9.69. The minimum absolute atomic E-state index is 0.179. The summed E-state index contributed by atoms with van der Waals surface area (Å²) in [4.78, 5) is 12.7. The number of hydrogen-bond donors (Lipinski definition) is 1. The second-order valence-electron chi connectivity index (χ2n) is 7.87. The fraction of sp³-hybridized carbons (Fsp3) is 0.192. The molecule has 1 aromatic heterocycles. The van der Waals surface area contributed by atoms with E-state index in [4.69, 9.17) is 23.2 Å². The summed E-state index contributed by atoms with van der Waals surface area (Å²) in [5.41, 5.74) is 5.09. The molecule has 0 aliphatic carbocycles.